The Morgan fingerprint density at radius 2 is 1.59 bits per heavy atom. The summed E-state index contributed by atoms with van der Waals surface area (Å²) in [4.78, 5) is 12.4. The summed E-state index contributed by atoms with van der Waals surface area (Å²) in [6.45, 7) is 1.72. The number of furan rings is 1. The van der Waals surface area contributed by atoms with E-state index < -0.39 is 5.60 Å². The number of rotatable bonds is 6. The van der Waals surface area contributed by atoms with Gasteiger partial charge in [0.2, 0.25) is 5.91 Å². The molecule has 0 bridgehead atoms. The van der Waals surface area contributed by atoms with Gasteiger partial charge in [0.25, 0.3) is 0 Å². The van der Waals surface area contributed by atoms with E-state index in [4.69, 9.17) is 4.42 Å². The molecule has 146 valence electrons. The van der Waals surface area contributed by atoms with Gasteiger partial charge in [-0.05, 0) is 35.7 Å². The van der Waals surface area contributed by atoms with Crippen LogP contribution in [-0.4, -0.2) is 17.6 Å². The smallest absolute Gasteiger partial charge is 0.224 e. The molecule has 4 heteroatoms. The maximum atomic E-state index is 12.4. The highest BCUT2D eigenvalue weighted by Crippen LogP contribution is 2.27. The second-order valence-electron chi connectivity index (χ2n) is 7.44. The zero-order valence-electron chi connectivity index (χ0n) is 16.3. The van der Waals surface area contributed by atoms with Crippen LogP contribution in [0.1, 0.15) is 18.2 Å². The van der Waals surface area contributed by atoms with Crippen LogP contribution < -0.4 is 5.32 Å². The largest absolute Gasteiger partial charge is 0.458 e. The molecule has 2 N–H and O–H groups in total. The van der Waals surface area contributed by atoms with Crippen LogP contribution in [0.5, 0.6) is 0 Å². The van der Waals surface area contributed by atoms with Crippen molar-refractivity contribution in [3.8, 4) is 11.1 Å². The van der Waals surface area contributed by atoms with Crippen LogP contribution in [0.4, 0.5) is 0 Å². The topological polar surface area (TPSA) is 62.5 Å². The average Bonchev–Trinajstić information content (AvgIpc) is 3.19. The molecule has 3 aromatic carbocycles. The van der Waals surface area contributed by atoms with Crippen molar-refractivity contribution < 1.29 is 14.3 Å². The zero-order chi connectivity index (χ0) is 20.3. The fraction of sp³-hybridized carbons (Fsp3) is 0.160. The molecule has 0 saturated carbocycles. The number of benzene rings is 3. The fourth-order valence-electron chi connectivity index (χ4n) is 3.30. The zero-order valence-corrected chi connectivity index (χ0v) is 16.3. The standard InChI is InChI=1S/C25H23NO3/c1-25(28,23-16-21-9-5-6-10-22(21)29-23)17-26-24(27)15-18-11-13-20(14-12-18)19-7-3-2-4-8-19/h2-14,16,28H,15,17H2,1H3,(H,26,27). The van der Waals surface area contributed by atoms with E-state index in [9.17, 15) is 9.90 Å². The van der Waals surface area contributed by atoms with Crippen molar-refractivity contribution >= 4 is 16.9 Å². The first-order chi connectivity index (χ1) is 14.0. The second-order valence-corrected chi connectivity index (χ2v) is 7.44. The Balaban J connectivity index is 1.37. The summed E-state index contributed by atoms with van der Waals surface area (Å²) in [5.41, 5.74) is 2.61. The summed E-state index contributed by atoms with van der Waals surface area (Å²) < 4.78 is 5.74. The van der Waals surface area contributed by atoms with E-state index in [-0.39, 0.29) is 18.9 Å². The lowest BCUT2D eigenvalue weighted by atomic mass is 10.0. The molecule has 0 fully saturated rings. The third kappa shape index (κ3) is 4.39. The van der Waals surface area contributed by atoms with Crippen LogP contribution in [0.15, 0.2) is 89.3 Å². The maximum Gasteiger partial charge on any atom is 0.224 e. The number of carbonyl (C=O) groups is 1. The van der Waals surface area contributed by atoms with Gasteiger partial charge < -0.3 is 14.8 Å². The van der Waals surface area contributed by atoms with E-state index >= 15 is 0 Å². The Hall–Kier alpha value is -3.37. The normalized spacial score (nSPS) is 13.2. The molecule has 0 saturated heterocycles. The van der Waals surface area contributed by atoms with Crippen molar-refractivity contribution in [3.63, 3.8) is 0 Å². The second kappa shape index (κ2) is 7.94. The van der Waals surface area contributed by atoms with Gasteiger partial charge in [-0.25, -0.2) is 0 Å². The number of para-hydroxylation sites is 1. The first-order valence-electron chi connectivity index (χ1n) is 9.64. The van der Waals surface area contributed by atoms with E-state index in [1.165, 1.54) is 0 Å². The number of aliphatic hydroxyl groups is 1. The van der Waals surface area contributed by atoms with E-state index in [0.29, 0.717) is 11.3 Å². The van der Waals surface area contributed by atoms with Gasteiger partial charge in [0.05, 0.1) is 13.0 Å². The van der Waals surface area contributed by atoms with E-state index in [0.717, 1.165) is 22.1 Å². The summed E-state index contributed by atoms with van der Waals surface area (Å²) in [7, 11) is 0. The molecular formula is C25H23NO3. The maximum absolute atomic E-state index is 12.4. The Morgan fingerprint density at radius 1 is 0.931 bits per heavy atom. The quantitative estimate of drug-likeness (QED) is 0.507. The predicted molar refractivity (Wildman–Crippen MR) is 114 cm³/mol. The van der Waals surface area contributed by atoms with E-state index in [1.807, 2.05) is 72.8 Å². The molecule has 1 atom stereocenters. The highest BCUT2D eigenvalue weighted by atomic mass is 16.4. The van der Waals surface area contributed by atoms with Crippen LogP contribution in [0.2, 0.25) is 0 Å². The minimum atomic E-state index is -1.29. The summed E-state index contributed by atoms with van der Waals surface area (Å²) in [5, 5.41) is 14.5. The molecule has 0 aliphatic rings. The molecule has 1 aromatic heterocycles. The monoisotopic (exact) mass is 385 g/mol. The van der Waals surface area contributed by atoms with Gasteiger partial charge in [0.1, 0.15) is 16.9 Å². The highest BCUT2D eigenvalue weighted by Gasteiger charge is 2.28. The van der Waals surface area contributed by atoms with Crippen LogP contribution >= 0.6 is 0 Å². The van der Waals surface area contributed by atoms with Crippen molar-refractivity contribution in [2.24, 2.45) is 0 Å². The Bertz CT molecular complexity index is 1080. The molecule has 1 heterocycles. The molecule has 0 aliphatic heterocycles. The summed E-state index contributed by atoms with van der Waals surface area (Å²) in [6, 6.07) is 27.5. The number of carbonyl (C=O) groups excluding carboxylic acids is 1. The number of hydrogen-bond donors (Lipinski definition) is 2. The summed E-state index contributed by atoms with van der Waals surface area (Å²) in [5.74, 6) is 0.292. The van der Waals surface area contributed by atoms with Gasteiger partial charge in [-0.3, -0.25) is 4.79 Å². The first-order valence-corrected chi connectivity index (χ1v) is 9.64. The molecule has 0 spiro atoms. The van der Waals surface area contributed by atoms with Gasteiger partial charge in [-0.15, -0.1) is 0 Å². The van der Waals surface area contributed by atoms with Crippen LogP contribution in [0.25, 0.3) is 22.1 Å². The van der Waals surface area contributed by atoms with Gasteiger partial charge in [-0.2, -0.15) is 0 Å². The lowest BCUT2D eigenvalue weighted by molar-refractivity contribution is -0.121. The van der Waals surface area contributed by atoms with Crippen molar-refractivity contribution in [3.05, 3.63) is 96.3 Å². The SMILES string of the molecule is CC(O)(CNC(=O)Cc1ccc(-c2ccccc2)cc1)c1cc2ccccc2o1. The summed E-state index contributed by atoms with van der Waals surface area (Å²) >= 11 is 0. The molecular weight excluding hydrogens is 362 g/mol. The van der Waals surface area contributed by atoms with Crippen LogP contribution in [0.3, 0.4) is 0 Å². The Labute approximate surface area is 169 Å². The van der Waals surface area contributed by atoms with Gasteiger partial charge in [-0.1, -0.05) is 72.8 Å². The van der Waals surface area contributed by atoms with Gasteiger partial charge in [0.15, 0.2) is 0 Å². The fourth-order valence-corrected chi connectivity index (χ4v) is 3.30. The van der Waals surface area contributed by atoms with E-state index in [2.05, 4.69) is 17.4 Å². The molecule has 4 nitrogen and oxygen atoms in total. The van der Waals surface area contributed by atoms with Crippen molar-refractivity contribution in [2.45, 2.75) is 18.9 Å². The Kier molecular flexibility index (Phi) is 5.19. The predicted octanol–water partition coefficient (Wildman–Crippen LogP) is 4.67. The number of nitrogens with one attached hydrogen (secondary N) is 1. The highest BCUT2D eigenvalue weighted by molar-refractivity contribution is 5.79. The molecule has 1 unspecified atom stereocenters. The van der Waals surface area contributed by atoms with E-state index in [1.54, 1.807) is 6.92 Å². The lowest BCUT2D eigenvalue weighted by Crippen LogP contribution is -2.39. The minimum Gasteiger partial charge on any atom is -0.458 e. The Morgan fingerprint density at radius 3 is 2.31 bits per heavy atom. The van der Waals surface area contributed by atoms with Gasteiger partial charge in [0, 0.05) is 5.39 Å². The van der Waals surface area contributed by atoms with Crippen molar-refractivity contribution in [1.82, 2.24) is 5.32 Å². The van der Waals surface area contributed by atoms with Crippen molar-refractivity contribution in [1.29, 1.82) is 0 Å². The molecule has 1 amide bonds. The first kappa shape index (κ1) is 19.0. The molecule has 0 radical (unpaired) electrons. The van der Waals surface area contributed by atoms with Gasteiger partial charge >= 0.3 is 0 Å². The van der Waals surface area contributed by atoms with Crippen LogP contribution in [-0.2, 0) is 16.8 Å². The minimum absolute atomic E-state index is 0.0771. The summed E-state index contributed by atoms with van der Waals surface area (Å²) in [6.07, 6.45) is 0.255. The lowest BCUT2D eigenvalue weighted by Gasteiger charge is -2.21. The van der Waals surface area contributed by atoms with Crippen LogP contribution in [0, 0.1) is 0 Å². The third-order valence-electron chi connectivity index (χ3n) is 5.01. The third-order valence-corrected chi connectivity index (χ3v) is 5.01. The molecule has 4 aromatic rings. The molecule has 29 heavy (non-hydrogen) atoms. The number of fused-ring (bicyclic) bond motifs is 1. The number of hydrogen-bond acceptors (Lipinski definition) is 3. The average molecular weight is 385 g/mol. The molecule has 4 rings (SSSR count). The number of amides is 1. The van der Waals surface area contributed by atoms with Crippen molar-refractivity contribution in [2.75, 3.05) is 6.54 Å². The molecule has 0 aliphatic carbocycles.